The third kappa shape index (κ3) is 3.50. The first-order valence-electron chi connectivity index (χ1n) is 7.60. The lowest BCUT2D eigenvalue weighted by atomic mass is 10.1. The Morgan fingerprint density at radius 1 is 1.29 bits per heavy atom. The van der Waals surface area contributed by atoms with E-state index in [2.05, 4.69) is 15.0 Å². The van der Waals surface area contributed by atoms with Gasteiger partial charge in [-0.3, -0.25) is 4.98 Å². The van der Waals surface area contributed by atoms with Crippen molar-refractivity contribution in [2.75, 3.05) is 12.3 Å². The van der Waals surface area contributed by atoms with Crippen LogP contribution in [0.3, 0.4) is 0 Å². The molecule has 0 aliphatic rings. The van der Waals surface area contributed by atoms with Crippen LogP contribution in [0.1, 0.15) is 26.6 Å². The number of imidazole rings is 1. The summed E-state index contributed by atoms with van der Waals surface area (Å²) in [5.74, 6) is 1.06. The fourth-order valence-electron chi connectivity index (χ4n) is 2.63. The number of nitrogens with two attached hydrogens (primary N) is 1. The average Bonchev–Trinajstić information content (AvgIpc) is 2.83. The minimum Gasteiger partial charge on any atom is -0.389 e. The second kappa shape index (κ2) is 7.00. The molecule has 0 aliphatic carbocycles. The van der Waals surface area contributed by atoms with Crippen molar-refractivity contribution in [3.05, 3.63) is 24.2 Å². The number of nitrogen functional groups attached to an aromatic ring is 1. The van der Waals surface area contributed by atoms with Gasteiger partial charge in [-0.05, 0) is 32.9 Å². The normalized spacial score (nSPS) is 11.8. The highest BCUT2D eigenvalue weighted by Gasteiger charge is 2.22. The molecule has 0 bridgehead atoms. The molecule has 3 aromatic heterocycles. The van der Waals surface area contributed by atoms with Gasteiger partial charge in [0.2, 0.25) is 0 Å². The van der Waals surface area contributed by atoms with E-state index in [1.165, 1.54) is 0 Å². The minimum atomic E-state index is -0.909. The molecule has 7 nitrogen and oxygen atoms in total. The molecular formula is C16H22BrN5O2. The molecule has 3 heterocycles. The van der Waals surface area contributed by atoms with Crippen molar-refractivity contribution in [2.45, 2.75) is 39.5 Å². The minimum absolute atomic E-state index is 0. The molecule has 130 valence electrons. The van der Waals surface area contributed by atoms with Gasteiger partial charge >= 0.3 is 0 Å². The van der Waals surface area contributed by atoms with Gasteiger partial charge in [0.25, 0.3) is 0 Å². The van der Waals surface area contributed by atoms with Gasteiger partial charge in [-0.25, -0.2) is 9.97 Å². The number of hydrogen-bond acceptors (Lipinski definition) is 6. The van der Waals surface area contributed by atoms with E-state index in [1.807, 2.05) is 23.6 Å². The fourth-order valence-corrected chi connectivity index (χ4v) is 2.63. The smallest absolute Gasteiger partial charge is 0.152 e. The van der Waals surface area contributed by atoms with Crippen molar-refractivity contribution < 1.29 is 9.84 Å². The summed E-state index contributed by atoms with van der Waals surface area (Å²) in [4.78, 5) is 13.4. The number of aromatic nitrogens is 4. The molecule has 3 rings (SSSR count). The van der Waals surface area contributed by atoms with E-state index in [-0.39, 0.29) is 17.0 Å². The molecule has 0 amide bonds. The molecule has 0 radical (unpaired) electrons. The highest BCUT2D eigenvalue weighted by Crippen LogP contribution is 2.28. The predicted molar refractivity (Wildman–Crippen MR) is 99.2 cm³/mol. The van der Waals surface area contributed by atoms with E-state index in [1.54, 1.807) is 20.0 Å². The quantitative estimate of drug-likeness (QED) is 0.688. The van der Waals surface area contributed by atoms with Crippen molar-refractivity contribution in [1.29, 1.82) is 0 Å². The van der Waals surface area contributed by atoms with Crippen LogP contribution in [-0.2, 0) is 17.9 Å². The van der Waals surface area contributed by atoms with Gasteiger partial charge in [0, 0.05) is 12.8 Å². The maximum Gasteiger partial charge on any atom is 0.152 e. The summed E-state index contributed by atoms with van der Waals surface area (Å²) in [6, 6.07) is 3.68. The summed E-state index contributed by atoms with van der Waals surface area (Å²) in [6.07, 6.45) is 1.71. The van der Waals surface area contributed by atoms with E-state index < -0.39 is 5.60 Å². The standard InChI is InChI=1S/C16H21N5O2.BrH/c1-4-23-8-11-20-13-14(21(11)9-16(2,3)22)12-10(19-15(13)17)6-5-7-18-12;/h5-7,22H,4,8-9H2,1-3H3,(H2,17,19);1H. The third-order valence-electron chi connectivity index (χ3n) is 3.52. The van der Waals surface area contributed by atoms with Gasteiger partial charge in [-0.2, -0.15) is 0 Å². The van der Waals surface area contributed by atoms with Crippen molar-refractivity contribution in [3.63, 3.8) is 0 Å². The number of anilines is 1. The van der Waals surface area contributed by atoms with E-state index in [4.69, 9.17) is 10.5 Å². The van der Waals surface area contributed by atoms with Crippen LogP contribution in [0.15, 0.2) is 18.3 Å². The van der Waals surface area contributed by atoms with Crippen molar-refractivity contribution in [1.82, 2.24) is 19.5 Å². The lowest BCUT2D eigenvalue weighted by Crippen LogP contribution is -2.27. The monoisotopic (exact) mass is 395 g/mol. The van der Waals surface area contributed by atoms with Crippen molar-refractivity contribution >= 4 is 44.9 Å². The Kier molecular flexibility index (Phi) is 5.42. The highest BCUT2D eigenvalue weighted by molar-refractivity contribution is 8.93. The van der Waals surface area contributed by atoms with Gasteiger partial charge in [-0.1, -0.05) is 0 Å². The maximum absolute atomic E-state index is 10.3. The molecule has 0 atom stereocenters. The molecule has 0 saturated carbocycles. The molecule has 3 aromatic rings. The van der Waals surface area contributed by atoms with Crippen molar-refractivity contribution in [3.8, 4) is 0 Å². The van der Waals surface area contributed by atoms with Crippen LogP contribution in [0.2, 0.25) is 0 Å². The average molecular weight is 396 g/mol. The molecule has 0 spiro atoms. The lowest BCUT2D eigenvalue weighted by molar-refractivity contribution is 0.0582. The molecular weight excluding hydrogens is 374 g/mol. The molecule has 0 unspecified atom stereocenters. The number of rotatable bonds is 5. The predicted octanol–water partition coefficient (Wildman–Crippen LogP) is 2.45. The largest absolute Gasteiger partial charge is 0.389 e. The number of pyridine rings is 2. The van der Waals surface area contributed by atoms with E-state index in [0.717, 1.165) is 11.0 Å². The Hall–Kier alpha value is -1.77. The highest BCUT2D eigenvalue weighted by atomic mass is 79.9. The van der Waals surface area contributed by atoms with Crippen LogP contribution >= 0.6 is 17.0 Å². The summed E-state index contributed by atoms with van der Waals surface area (Å²) in [5.41, 5.74) is 7.97. The molecule has 24 heavy (non-hydrogen) atoms. The molecule has 8 heteroatoms. The molecule has 0 aliphatic heterocycles. The van der Waals surface area contributed by atoms with Crippen molar-refractivity contribution in [2.24, 2.45) is 0 Å². The van der Waals surface area contributed by atoms with Gasteiger partial charge in [0.15, 0.2) is 5.82 Å². The van der Waals surface area contributed by atoms with E-state index in [9.17, 15) is 5.11 Å². The number of ether oxygens (including phenoxy) is 1. The topological polar surface area (TPSA) is 99.1 Å². The molecule has 3 N–H and O–H groups in total. The van der Waals surface area contributed by atoms with E-state index in [0.29, 0.717) is 42.4 Å². The Bertz CT molecular complexity index is 857. The SMILES string of the molecule is Br.CCOCc1nc2c(N)nc3cccnc3c2n1CC(C)(C)O. The summed E-state index contributed by atoms with van der Waals surface area (Å²) < 4.78 is 7.44. The lowest BCUT2D eigenvalue weighted by Gasteiger charge is -2.20. The zero-order valence-corrected chi connectivity index (χ0v) is 15.7. The number of fused-ring (bicyclic) bond motifs is 3. The summed E-state index contributed by atoms with van der Waals surface area (Å²) >= 11 is 0. The van der Waals surface area contributed by atoms with Gasteiger partial charge in [0.1, 0.15) is 29.0 Å². The Balaban J connectivity index is 0.00000208. The Labute approximate surface area is 150 Å². The molecule has 0 fully saturated rings. The Morgan fingerprint density at radius 2 is 2.04 bits per heavy atom. The van der Waals surface area contributed by atoms with Gasteiger partial charge in [0.05, 0.1) is 17.7 Å². The third-order valence-corrected chi connectivity index (χ3v) is 3.52. The van der Waals surface area contributed by atoms with Crippen LogP contribution in [-0.4, -0.2) is 36.8 Å². The number of halogens is 1. The van der Waals surface area contributed by atoms with Gasteiger partial charge < -0.3 is 20.1 Å². The molecule has 0 aromatic carbocycles. The van der Waals surface area contributed by atoms with Crippen LogP contribution < -0.4 is 5.73 Å². The second-order valence-corrected chi connectivity index (χ2v) is 6.13. The number of aliphatic hydroxyl groups is 1. The van der Waals surface area contributed by atoms with Crippen LogP contribution in [0.4, 0.5) is 5.82 Å². The number of hydrogen-bond donors (Lipinski definition) is 2. The zero-order chi connectivity index (χ0) is 16.6. The molecule has 0 saturated heterocycles. The second-order valence-electron chi connectivity index (χ2n) is 6.13. The van der Waals surface area contributed by atoms with Gasteiger partial charge in [-0.15, -0.1) is 17.0 Å². The maximum atomic E-state index is 10.3. The van der Waals surface area contributed by atoms with E-state index >= 15 is 0 Å². The summed E-state index contributed by atoms with van der Waals surface area (Å²) in [5, 5.41) is 10.3. The first-order valence-corrected chi connectivity index (χ1v) is 7.60. The fraction of sp³-hybridized carbons (Fsp3) is 0.438. The van der Waals surface area contributed by atoms with Crippen LogP contribution in [0, 0.1) is 0 Å². The first-order chi connectivity index (χ1) is 10.9. The number of nitrogens with zero attached hydrogens (tertiary/aromatic N) is 4. The first kappa shape index (κ1) is 18.6. The zero-order valence-electron chi connectivity index (χ0n) is 14.0. The van der Waals surface area contributed by atoms with Crippen LogP contribution in [0.5, 0.6) is 0 Å². The summed E-state index contributed by atoms with van der Waals surface area (Å²) in [6.45, 7) is 6.72. The summed E-state index contributed by atoms with van der Waals surface area (Å²) in [7, 11) is 0. The van der Waals surface area contributed by atoms with Crippen LogP contribution in [0.25, 0.3) is 22.1 Å². The Morgan fingerprint density at radius 3 is 2.71 bits per heavy atom.